The highest BCUT2D eigenvalue weighted by atomic mass is 16.2. The second-order valence-corrected chi connectivity index (χ2v) is 6.57. The van der Waals surface area contributed by atoms with Gasteiger partial charge < -0.3 is 15.5 Å². The normalized spacial score (nSPS) is 30.1. The molecule has 2 saturated heterocycles. The second kappa shape index (κ2) is 5.57. The predicted octanol–water partition coefficient (Wildman–Crippen LogP) is 0.975. The molecule has 4 heteroatoms. The SMILES string of the molecule is CN1CCC(NC(=O)C2NCCCC2(C)C)CC1. The summed E-state index contributed by atoms with van der Waals surface area (Å²) in [6.07, 6.45) is 4.46. The van der Waals surface area contributed by atoms with Gasteiger partial charge in [-0.25, -0.2) is 0 Å². The number of amides is 1. The number of likely N-dealkylation sites (tertiary alicyclic amines) is 1. The minimum atomic E-state index is -0.0223. The van der Waals surface area contributed by atoms with E-state index in [1.165, 1.54) is 6.42 Å². The van der Waals surface area contributed by atoms with Gasteiger partial charge in [-0.1, -0.05) is 13.8 Å². The van der Waals surface area contributed by atoms with Gasteiger partial charge in [-0.2, -0.15) is 0 Å². The van der Waals surface area contributed by atoms with Gasteiger partial charge in [-0.15, -0.1) is 0 Å². The molecule has 2 N–H and O–H groups in total. The summed E-state index contributed by atoms with van der Waals surface area (Å²) in [5, 5.41) is 6.62. The van der Waals surface area contributed by atoms with E-state index in [4.69, 9.17) is 0 Å². The van der Waals surface area contributed by atoms with Crippen molar-refractivity contribution in [2.24, 2.45) is 5.41 Å². The predicted molar refractivity (Wildman–Crippen MR) is 73.5 cm³/mol. The van der Waals surface area contributed by atoms with E-state index in [1.54, 1.807) is 0 Å². The van der Waals surface area contributed by atoms with Crippen LogP contribution in [0.3, 0.4) is 0 Å². The van der Waals surface area contributed by atoms with Crippen LogP contribution in [0.15, 0.2) is 0 Å². The van der Waals surface area contributed by atoms with Crippen LogP contribution in [0.4, 0.5) is 0 Å². The molecule has 1 amide bonds. The lowest BCUT2D eigenvalue weighted by molar-refractivity contribution is -0.127. The average molecular weight is 253 g/mol. The minimum absolute atomic E-state index is 0.0223. The standard InChI is InChI=1S/C14H27N3O/c1-14(2)7-4-8-15-12(14)13(18)16-11-5-9-17(3)10-6-11/h11-12,15H,4-10H2,1-3H3,(H,16,18). The summed E-state index contributed by atoms with van der Waals surface area (Å²) in [5.41, 5.74) is 0.0772. The van der Waals surface area contributed by atoms with Gasteiger partial charge in [0.25, 0.3) is 0 Å². The fourth-order valence-electron chi connectivity index (χ4n) is 3.10. The molecule has 0 aliphatic carbocycles. The third kappa shape index (κ3) is 3.23. The highest BCUT2D eigenvalue weighted by molar-refractivity contribution is 5.83. The lowest BCUT2D eigenvalue weighted by Gasteiger charge is -2.39. The Kier molecular flexibility index (Phi) is 4.28. The van der Waals surface area contributed by atoms with Gasteiger partial charge in [0, 0.05) is 6.04 Å². The van der Waals surface area contributed by atoms with Crippen LogP contribution in [-0.4, -0.2) is 49.6 Å². The molecular weight excluding hydrogens is 226 g/mol. The molecule has 0 aromatic carbocycles. The van der Waals surface area contributed by atoms with Crippen LogP contribution < -0.4 is 10.6 Å². The summed E-state index contributed by atoms with van der Waals surface area (Å²) in [4.78, 5) is 14.7. The Hall–Kier alpha value is -0.610. The third-order valence-corrected chi connectivity index (χ3v) is 4.45. The Morgan fingerprint density at radius 3 is 2.61 bits per heavy atom. The first-order valence-corrected chi connectivity index (χ1v) is 7.21. The maximum absolute atomic E-state index is 12.4. The number of nitrogens with one attached hydrogen (secondary N) is 2. The first kappa shape index (κ1) is 13.8. The smallest absolute Gasteiger partial charge is 0.237 e. The van der Waals surface area contributed by atoms with Crippen LogP contribution in [-0.2, 0) is 4.79 Å². The van der Waals surface area contributed by atoms with E-state index < -0.39 is 0 Å². The topological polar surface area (TPSA) is 44.4 Å². The fraction of sp³-hybridized carbons (Fsp3) is 0.929. The van der Waals surface area contributed by atoms with Crippen LogP contribution in [0.1, 0.15) is 39.5 Å². The minimum Gasteiger partial charge on any atom is -0.352 e. The molecule has 0 saturated carbocycles. The number of rotatable bonds is 2. The molecule has 2 aliphatic heterocycles. The number of piperidine rings is 2. The van der Waals surface area contributed by atoms with Crippen LogP contribution in [0.2, 0.25) is 0 Å². The molecule has 2 rings (SSSR count). The number of hydrogen-bond donors (Lipinski definition) is 2. The molecular formula is C14H27N3O. The Morgan fingerprint density at radius 1 is 1.33 bits per heavy atom. The summed E-state index contributed by atoms with van der Waals surface area (Å²) in [7, 11) is 2.14. The molecule has 1 atom stereocenters. The summed E-state index contributed by atoms with van der Waals surface area (Å²) in [6.45, 7) is 7.53. The van der Waals surface area contributed by atoms with Gasteiger partial charge in [0.15, 0.2) is 0 Å². The quantitative estimate of drug-likeness (QED) is 0.771. The molecule has 0 bridgehead atoms. The van der Waals surface area contributed by atoms with Crippen molar-refractivity contribution >= 4 is 5.91 Å². The van der Waals surface area contributed by atoms with E-state index >= 15 is 0 Å². The van der Waals surface area contributed by atoms with Gasteiger partial charge in [0.1, 0.15) is 0 Å². The molecule has 2 aliphatic rings. The van der Waals surface area contributed by atoms with Gasteiger partial charge >= 0.3 is 0 Å². The molecule has 0 radical (unpaired) electrons. The van der Waals surface area contributed by atoms with Gasteiger partial charge in [0.05, 0.1) is 6.04 Å². The Morgan fingerprint density at radius 2 is 2.00 bits per heavy atom. The first-order chi connectivity index (χ1) is 8.49. The first-order valence-electron chi connectivity index (χ1n) is 7.21. The van der Waals surface area contributed by atoms with Crippen molar-refractivity contribution in [3.8, 4) is 0 Å². The molecule has 0 aromatic rings. The fourth-order valence-corrected chi connectivity index (χ4v) is 3.10. The molecule has 4 nitrogen and oxygen atoms in total. The lowest BCUT2D eigenvalue weighted by Crippen LogP contribution is -2.58. The summed E-state index contributed by atoms with van der Waals surface area (Å²) >= 11 is 0. The van der Waals surface area contributed by atoms with Gasteiger partial charge in [-0.3, -0.25) is 4.79 Å². The zero-order chi connectivity index (χ0) is 13.2. The van der Waals surface area contributed by atoms with Crippen LogP contribution in [0, 0.1) is 5.41 Å². The van der Waals surface area contributed by atoms with Gasteiger partial charge in [0.2, 0.25) is 5.91 Å². The molecule has 2 fully saturated rings. The Balaban J connectivity index is 1.87. The van der Waals surface area contributed by atoms with Crippen LogP contribution in [0.5, 0.6) is 0 Å². The van der Waals surface area contributed by atoms with Crippen molar-refractivity contribution in [1.82, 2.24) is 15.5 Å². The van der Waals surface area contributed by atoms with E-state index in [9.17, 15) is 4.79 Å². The van der Waals surface area contributed by atoms with E-state index in [0.717, 1.165) is 38.9 Å². The molecule has 0 aromatic heterocycles. The third-order valence-electron chi connectivity index (χ3n) is 4.45. The zero-order valence-electron chi connectivity index (χ0n) is 12.0. The molecule has 18 heavy (non-hydrogen) atoms. The van der Waals surface area contributed by atoms with Gasteiger partial charge in [-0.05, 0) is 57.8 Å². The van der Waals surface area contributed by atoms with Crippen molar-refractivity contribution in [1.29, 1.82) is 0 Å². The molecule has 1 unspecified atom stereocenters. The molecule has 2 heterocycles. The number of nitrogens with zero attached hydrogens (tertiary/aromatic N) is 1. The van der Waals surface area contributed by atoms with Crippen LogP contribution >= 0.6 is 0 Å². The number of hydrogen-bond acceptors (Lipinski definition) is 3. The maximum Gasteiger partial charge on any atom is 0.237 e. The summed E-state index contributed by atoms with van der Waals surface area (Å²) in [6, 6.07) is 0.346. The average Bonchev–Trinajstić information content (AvgIpc) is 2.31. The second-order valence-electron chi connectivity index (χ2n) is 6.57. The lowest BCUT2D eigenvalue weighted by atomic mass is 9.77. The van der Waals surface area contributed by atoms with E-state index in [0.29, 0.717) is 6.04 Å². The van der Waals surface area contributed by atoms with E-state index in [-0.39, 0.29) is 17.4 Å². The highest BCUT2D eigenvalue weighted by Gasteiger charge is 2.37. The maximum atomic E-state index is 12.4. The van der Waals surface area contributed by atoms with Crippen molar-refractivity contribution in [3.05, 3.63) is 0 Å². The van der Waals surface area contributed by atoms with Crippen molar-refractivity contribution < 1.29 is 4.79 Å². The molecule has 104 valence electrons. The van der Waals surface area contributed by atoms with Crippen molar-refractivity contribution in [2.75, 3.05) is 26.7 Å². The summed E-state index contributed by atoms with van der Waals surface area (Å²) in [5.74, 6) is 0.203. The number of carbonyl (C=O) groups excluding carboxylic acids is 1. The van der Waals surface area contributed by atoms with E-state index in [1.807, 2.05) is 0 Å². The van der Waals surface area contributed by atoms with Crippen LogP contribution in [0.25, 0.3) is 0 Å². The molecule has 0 spiro atoms. The van der Waals surface area contributed by atoms with Crippen molar-refractivity contribution in [2.45, 2.75) is 51.6 Å². The Bertz CT molecular complexity index is 295. The zero-order valence-corrected chi connectivity index (χ0v) is 12.0. The number of carbonyl (C=O) groups is 1. The van der Waals surface area contributed by atoms with Crippen molar-refractivity contribution in [3.63, 3.8) is 0 Å². The Labute approximate surface area is 110 Å². The largest absolute Gasteiger partial charge is 0.352 e. The van der Waals surface area contributed by atoms with E-state index in [2.05, 4.69) is 36.4 Å². The summed E-state index contributed by atoms with van der Waals surface area (Å²) < 4.78 is 0. The highest BCUT2D eigenvalue weighted by Crippen LogP contribution is 2.30. The monoisotopic (exact) mass is 253 g/mol.